The molecular weight excluding hydrogens is 388 g/mol. The molecule has 3 amide bonds. The Hall–Kier alpha value is -2.86. The molecule has 0 spiro atoms. The zero-order valence-corrected chi connectivity index (χ0v) is 18.6. The van der Waals surface area contributed by atoms with Crippen LogP contribution < -0.4 is 10.6 Å². The Morgan fingerprint density at radius 1 is 0.935 bits per heavy atom. The highest BCUT2D eigenvalue weighted by molar-refractivity contribution is 5.79. The Bertz CT molecular complexity index is 818. The minimum absolute atomic E-state index is 0.0274. The number of benzene rings is 2. The van der Waals surface area contributed by atoms with Crippen LogP contribution in [-0.4, -0.2) is 61.5 Å². The maximum absolute atomic E-state index is 12.7. The van der Waals surface area contributed by atoms with Crippen LogP contribution in [0.3, 0.4) is 0 Å². The smallest absolute Gasteiger partial charge is 0.317 e. The highest BCUT2D eigenvalue weighted by Gasteiger charge is 2.27. The SMILES string of the molecule is CN(C)C(CNC(=O)N1CCC(C(=O)NCc2ccccc2)CC1)Cc1ccccc1. The van der Waals surface area contributed by atoms with Crippen LogP contribution in [0.4, 0.5) is 4.79 Å². The fraction of sp³-hybridized carbons (Fsp3) is 0.440. The first-order valence-corrected chi connectivity index (χ1v) is 11.1. The molecule has 31 heavy (non-hydrogen) atoms. The molecule has 1 fully saturated rings. The predicted molar refractivity (Wildman–Crippen MR) is 124 cm³/mol. The normalized spacial score (nSPS) is 15.5. The minimum Gasteiger partial charge on any atom is -0.352 e. The fourth-order valence-corrected chi connectivity index (χ4v) is 3.91. The topological polar surface area (TPSA) is 64.7 Å². The van der Waals surface area contributed by atoms with Gasteiger partial charge in [-0.2, -0.15) is 0 Å². The summed E-state index contributed by atoms with van der Waals surface area (Å²) in [6.45, 7) is 2.37. The molecule has 1 heterocycles. The van der Waals surface area contributed by atoms with Crippen molar-refractivity contribution in [3.05, 3.63) is 71.8 Å². The fourth-order valence-electron chi connectivity index (χ4n) is 3.91. The van der Waals surface area contributed by atoms with E-state index in [0.29, 0.717) is 39.0 Å². The number of nitrogens with zero attached hydrogens (tertiary/aromatic N) is 2. The number of carbonyl (C=O) groups is 2. The van der Waals surface area contributed by atoms with Gasteiger partial charge in [0.2, 0.25) is 5.91 Å². The summed E-state index contributed by atoms with van der Waals surface area (Å²) in [6.07, 6.45) is 2.29. The number of hydrogen-bond donors (Lipinski definition) is 2. The Balaban J connectivity index is 1.40. The molecule has 2 aromatic rings. The van der Waals surface area contributed by atoms with Crippen molar-refractivity contribution in [2.75, 3.05) is 33.7 Å². The summed E-state index contributed by atoms with van der Waals surface area (Å²) in [4.78, 5) is 29.1. The van der Waals surface area contributed by atoms with Crippen molar-refractivity contribution < 1.29 is 9.59 Å². The molecule has 2 aromatic carbocycles. The maximum atomic E-state index is 12.7. The van der Waals surface area contributed by atoms with E-state index in [0.717, 1.165) is 12.0 Å². The number of nitrogens with one attached hydrogen (secondary N) is 2. The Morgan fingerprint density at radius 2 is 1.52 bits per heavy atom. The second-order valence-corrected chi connectivity index (χ2v) is 8.46. The van der Waals surface area contributed by atoms with Gasteiger partial charge in [0.25, 0.3) is 0 Å². The molecule has 1 aliphatic rings. The van der Waals surface area contributed by atoms with Crippen molar-refractivity contribution >= 4 is 11.9 Å². The molecule has 0 aromatic heterocycles. The van der Waals surface area contributed by atoms with Crippen LogP contribution in [0.5, 0.6) is 0 Å². The quantitative estimate of drug-likeness (QED) is 0.688. The van der Waals surface area contributed by atoms with Crippen LogP contribution in [0.15, 0.2) is 60.7 Å². The lowest BCUT2D eigenvalue weighted by molar-refractivity contribution is -0.126. The molecule has 1 unspecified atom stereocenters. The third kappa shape index (κ3) is 7.10. The first-order valence-electron chi connectivity index (χ1n) is 11.1. The van der Waals surface area contributed by atoms with Crippen molar-refractivity contribution in [3.8, 4) is 0 Å². The molecule has 0 radical (unpaired) electrons. The van der Waals surface area contributed by atoms with Crippen LogP contribution in [0.2, 0.25) is 0 Å². The van der Waals surface area contributed by atoms with Gasteiger partial charge in [-0.05, 0) is 44.5 Å². The Morgan fingerprint density at radius 3 is 2.10 bits per heavy atom. The summed E-state index contributed by atoms with van der Waals surface area (Å²) in [7, 11) is 4.08. The lowest BCUT2D eigenvalue weighted by Gasteiger charge is -2.32. The average Bonchev–Trinajstić information content (AvgIpc) is 2.81. The van der Waals surface area contributed by atoms with E-state index in [9.17, 15) is 9.59 Å². The molecule has 1 atom stereocenters. The second-order valence-electron chi connectivity index (χ2n) is 8.46. The van der Waals surface area contributed by atoms with Gasteiger partial charge >= 0.3 is 6.03 Å². The predicted octanol–water partition coefficient (Wildman–Crippen LogP) is 2.90. The number of carbonyl (C=O) groups excluding carboxylic acids is 2. The molecular formula is C25H34N4O2. The van der Waals surface area contributed by atoms with Gasteiger partial charge in [-0.25, -0.2) is 4.79 Å². The first-order chi connectivity index (χ1) is 15.0. The van der Waals surface area contributed by atoms with E-state index in [1.54, 1.807) is 0 Å². The lowest BCUT2D eigenvalue weighted by Crippen LogP contribution is -2.50. The number of amides is 3. The summed E-state index contributed by atoms with van der Waals surface area (Å²) in [5.41, 5.74) is 2.36. The second kappa shape index (κ2) is 11.5. The van der Waals surface area contributed by atoms with Gasteiger partial charge < -0.3 is 20.4 Å². The number of piperidine rings is 1. The molecule has 6 nitrogen and oxygen atoms in total. The van der Waals surface area contributed by atoms with E-state index in [2.05, 4.69) is 27.7 Å². The van der Waals surface area contributed by atoms with E-state index in [1.807, 2.05) is 67.5 Å². The monoisotopic (exact) mass is 422 g/mol. The van der Waals surface area contributed by atoms with E-state index >= 15 is 0 Å². The van der Waals surface area contributed by atoms with E-state index in [-0.39, 0.29) is 23.9 Å². The standard InChI is InChI=1S/C25H34N4O2/c1-28(2)23(17-20-9-5-3-6-10-20)19-27-25(31)29-15-13-22(14-16-29)24(30)26-18-21-11-7-4-8-12-21/h3-12,22-23H,13-19H2,1-2H3,(H,26,30)(H,27,31). The molecule has 0 saturated carbocycles. The molecule has 1 aliphatic heterocycles. The highest BCUT2D eigenvalue weighted by atomic mass is 16.2. The van der Waals surface area contributed by atoms with Gasteiger partial charge in [-0.15, -0.1) is 0 Å². The largest absolute Gasteiger partial charge is 0.352 e. The highest BCUT2D eigenvalue weighted by Crippen LogP contribution is 2.18. The van der Waals surface area contributed by atoms with Gasteiger partial charge in [0.1, 0.15) is 0 Å². The zero-order valence-electron chi connectivity index (χ0n) is 18.6. The minimum atomic E-state index is -0.0388. The number of hydrogen-bond acceptors (Lipinski definition) is 3. The summed E-state index contributed by atoms with van der Waals surface area (Å²) in [6, 6.07) is 20.4. The van der Waals surface area contributed by atoms with Crippen molar-refractivity contribution in [1.82, 2.24) is 20.4 Å². The number of likely N-dealkylation sites (tertiary alicyclic amines) is 1. The van der Waals surface area contributed by atoms with Crippen molar-refractivity contribution in [2.24, 2.45) is 5.92 Å². The van der Waals surface area contributed by atoms with Crippen molar-refractivity contribution in [3.63, 3.8) is 0 Å². The summed E-state index contributed by atoms with van der Waals surface area (Å²) >= 11 is 0. The van der Waals surface area contributed by atoms with Gasteiger partial charge in [-0.3, -0.25) is 4.79 Å². The number of urea groups is 1. The zero-order chi connectivity index (χ0) is 22.1. The van der Waals surface area contributed by atoms with E-state index in [1.165, 1.54) is 5.56 Å². The van der Waals surface area contributed by atoms with Crippen LogP contribution in [0.1, 0.15) is 24.0 Å². The Kier molecular flexibility index (Phi) is 8.47. The molecule has 3 rings (SSSR count). The molecule has 6 heteroatoms. The molecule has 0 bridgehead atoms. The van der Waals surface area contributed by atoms with E-state index < -0.39 is 0 Å². The number of rotatable bonds is 8. The van der Waals surface area contributed by atoms with Crippen LogP contribution in [-0.2, 0) is 17.8 Å². The van der Waals surface area contributed by atoms with Crippen molar-refractivity contribution in [2.45, 2.75) is 31.8 Å². The molecule has 166 valence electrons. The molecule has 1 saturated heterocycles. The third-order valence-electron chi connectivity index (χ3n) is 6.00. The van der Waals surface area contributed by atoms with E-state index in [4.69, 9.17) is 0 Å². The summed E-state index contributed by atoms with van der Waals surface area (Å²) in [5.74, 6) is 0.0554. The third-order valence-corrected chi connectivity index (χ3v) is 6.00. The van der Waals surface area contributed by atoms with Gasteiger partial charge in [0.05, 0.1) is 0 Å². The van der Waals surface area contributed by atoms with Crippen molar-refractivity contribution in [1.29, 1.82) is 0 Å². The van der Waals surface area contributed by atoms with Crippen LogP contribution >= 0.6 is 0 Å². The molecule has 2 N–H and O–H groups in total. The summed E-state index contributed by atoms with van der Waals surface area (Å²) < 4.78 is 0. The van der Waals surface area contributed by atoms with Crippen LogP contribution in [0, 0.1) is 5.92 Å². The molecule has 0 aliphatic carbocycles. The van der Waals surface area contributed by atoms with Gasteiger partial charge in [0.15, 0.2) is 0 Å². The first kappa shape index (κ1) is 22.8. The van der Waals surface area contributed by atoms with Gasteiger partial charge in [-0.1, -0.05) is 60.7 Å². The average molecular weight is 423 g/mol. The van der Waals surface area contributed by atoms with Gasteiger partial charge in [0, 0.05) is 38.1 Å². The van der Waals surface area contributed by atoms with Crippen LogP contribution in [0.25, 0.3) is 0 Å². The lowest BCUT2D eigenvalue weighted by atomic mass is 9.96. The Labute approximate surface area is 185 Å². The number of likely N-dealkylation sites (N-methyl/N-ethyl adjacent to an activating group) is 1. The maximum Gasteiger partial charge on any atom is 0.317 e. The summed E-state index contributed by atoms with van der Waals surface area (Å²) in [5, 5.41) is 6.11.